The number of hydrogen-bond donors (Lipinski definition) is 0. The average Bonchev–Trinajstić information content (AvgIpc) is 2.40. The number of fused-ring (bicyclic) bond motifs is 1. The highest BCUT2D eigenvalue weighted by atomic mass is 79.9. The highest BCUT2D eigenvalue weighted by Crippen LogP contribution is 2.33. The molecule has 0 atom stereocenters. The van der Waals surface area contributed by atoms with Crippen LogP contribution >= 0.6 is 50.7 Å². The summed E-state index contributed by atoms with van der Waals surface area (Å²) < 4.78 is 0.869. The first-order valence-corrected chi connectivity index (χ1v) is 7.97. The molecule has 3 aromatic rings. The Hall–Kier alpha value is -0.870. The molecule has 0 saturated heterocycles. The highest BCUT2D eigenvalue weighted by Gasteiger charge is 2.13. The molecule has 2 nitrogen and oxygen atoms in total. The zero-order chi connectivity index (χ0) is 15.1. The molecule has 0 bridgehead atoms. The molecule has 0 N–H and O–H groups in total. The zero-order valence-corrected chi connectivity index (χ0v) is 14.6. The van der Waals surface area contributed by atoms with Crippen LogP contribution in [-0.4, -0.2) is 9.97 Å². The minimum atomic E-state index is 0.394. The summed E-state index contributed by atoms with van der Waals surface area (Å²) >= 11 is 21.9. The monoisotopic (exact) mass is 400 g/mol. The van der Waals surface area contributed by atoms with Gasteiger partial charge >= 0.3 is 0 Å². The van der Waals surface area contributed by atoms with E-state index in [9.17, 15) is 0 Å². The first-order chi connectivity index (χ1) is 9.95. The number of aryl methyl sites for hydroxylation is 1. The van der Waals surface area contributed by atoms with Crippen molar-refractivity contribution in [2.75, 3.05) is 0 Å². The Morgan fingerprint density at radius 3 is 2.48 bits per heavy atom. The van der Waals surface area contributed by atoms with Gasteiger partial charge in [0.2, 0.25) is 0 Å². The van der Waals surface area contributed by atoms with E-state index >= 15 is 0 Å². The first-order valence-electron chi connectivity index (χ1n) is 6.04. The van der Waals surface area contributed by atoms with Crippen molar-refractivity contribution in [3.8, 4) is 11.4 Å². The van der Waals surface area contributed by atoms with Crippen LogP contribution in [0.5, 0.6) is 0 Å². The molecule has 0 fully saturated rings. The van der Waals surface area contributed by atoms with Crippen LogP contribution < -0.4 is 0 Å². The lowest BCUT2D eigenvalue weighted by atomic mass is 10.1. The van der Waals surface area contributed by atoms with E-state index in [2.05, 4.69) is 25.9 Å². The van der Waals surface area contributed by atoms with E-state index < -0.39 is 0 Å². The van der Waals surface area contributed by atoms with Gasteiger partial charge in [0, 0.05) is 20.4 Å². The number of hydrogen-bond acceptors (Lipinski definition) is 2. The van der Waals surface area contributed by atoms with Gasteiger partial charge in [0.05, 0.1) is 10.5 Å². The molecule has 1 aromatic heterocycles. The van der Waals surface area contributed by atoms with Crippen LogP contribution in [0.3, 0.4) is 0 Å². The minimum absolute atomic E-state index is 0.394. The molecule has 2 aromatic carbocycles. The summed E-state index contributed by atoms with van der Waals surface area (Å²) in [5.41, 5.74) is 2.52. The van der Waals surface area contributed by atoms with Crippen molar-refractivity contribution in [2.24, 2.45) is 0 Å². The second-order valence-electron chi connectivity index (χ2n) is 4.61. The molecule has 1 heterocycles. The van der Waals surface area contributed by atoms with E-state index in [0.717, 1.165) is 20.9 Å². The summed E-state index contributed by atoms with van der Waals surface area (Å²) in [6.07, 6.45) is 0. The molecular weight excluding hydrogens is 394 g/mol. The van der Waals surface area contributed by atoms with Gasteiger partial charge in [0.1, 0.15) is 5.15 Å². The highest BCUT2D eigenvalue weighted by molar-refractivity contribution is 9.10. The van der Waals surface area contributed by atoms with Crippen LogP contribution in [-0.2, 0) is 0 Å². The SMILES string of the molecule is Cc1cc(Br)c2nc(-c3ccc(Cl)cc3Cl)nc(Cl)c2c1. The van der Waals surface area contributed by atoms with Gasteiger partial charge in [-0.25, -0.2) is 9.97 Å². The van der Waals surface area contributed by atoms with Crippen LogP contribution in [0.4, 0.5) is 0 Å². The summed E-state index contributed by atoms with van der Waals surface area (Å²) in [5, 5.41) is 2.25. The maximum Gasteiger partial charge on any atom is 0.163 e. The van der Waals surface area contributed by atoms with Crippen molar-refractivity contribution in [3.63, 3.8) is 0 Å². The average molecular weight is 403 g/mol. The number of nitrogens with zero attached hydrogens (tertiary/aromatic N) is 2. The summed E-state index contributed by atoms with van der Waals surface area (Å²) in [6, 6.07) is 9.12. The maximum atomic E-state index is 6.30. The zero-order valence-electron chi connectivity index (χ0n) is 10.8. The summed E-state index contributed by atoms with van der Waals surface area (Å²) in [5.74, 6) is 0.471. The molecule has 0 radical (unpaired) electrons. The first kappa shape index (κ1) is 15.0. The molecule has 0 aliphatic carbocycles. The lowest BCUT2D eigenvalue weighted by molar-refractivity contribution is 1.22. The van der Waals surface area contributed by atoms with Crippen molar-refractivity contribution in [3.05, 3.63) is 55.6 Å². The number of rotatable bonds is 1. The van der Waals surface area contributed by atoms with E-state index in [1.165, 1.54) is 0 Å². The molecule has 3 rings (SSSR count). The summed E-state index contributed by atoms with van der Waals surface area (Å²) in [4.78, 5) is 8.92. The second-order valence-corrected chi connectivity index (χ2v) is 6.66. The molecule has 0 aliphatic rings. The third-order valence-corrected chi connectivity index (χ3v) is 4.46. The van der Waals surface area contributed by atoms with Gasteiger partial charge < -0.3 is 0 Å². The van der Waals surface area contributed by atoms with Gasteiger partial charge in [-0.05, 0) is 58.7 Å². The van der Waals surface area contributed by atoms with E-state index in [1.54, 1.807) is 18.2 Å². The van der Waals surface area contributed by atoms with Crippen LogP contribution in [0.15, 0.2) is 34.8 Å². The van der Waals surface area contributed by atoms with Crippen LogP contribution in [0, 0.1) is 6.92 Å². The Morgan fingerprint density at radius 1 is 1.00 bits per heavy atom. The predicted octanol–water partition coefficient (Wildman–Crippen LogP) is 6.33. The molecule has 0 amide bonds. The molecule has 0 unspecified atom stereocenters. The minimum Gasteiger partial charge on any atom is -0.227 e. The van der Waals surface area contributed by atoms with E-state index in [0.29, 0.717) is 26.6 Å². The Kier molecular flexibility index (Phi) is 4.10. The molecule has 0 aliphatic heterocycles. The predicted molar refractivity (Wildman–Crippen MR) is 92.4 cm³/mol. The Bertz CT molecular complexity index is 865. The van der Waals surface area contributed by atoms with Crippen molar-refractivity contribution >= 4 is 61.6 Å². The fourth-order valence-electron chi connectivity index (χ4n) is 2.08. The summed E-state index contributed by atoms with van der Waals surface area (Å²) in [6.45, 7) is 1.99. The number of benzene rings is 2. The molecule has 21 heavy (non-hydrogen) atoms. The van der Waals surface area contributed by atoms with Gasteiger partial charge in [0.15, 0.2) is 5.82 Å². The lowest BCUT2D eigenvalue weighted by Gasteiger charge is -2.08. The third kappa shape index (κ3) is 2.88. The van der Waals surface area contributed by atoms with Gasteiger partial charge in [-0.15, -0.1) is 0 Å². The number of aromatic nitrogens is 2. The van der Waals surface area contributed by atoms with Crippen LogP contribution in [0.2, 0.25) is 15.2 Å². The van der Waals surface area contributed by atoms with Crippen LogP contribution in [0.25, 0.3) is 22.3 Å². The van der Waals surface area contributed by atoms with Gasteiger partial charge in [-0.3, -0.25) is 0 Å². The van der Waals surface area contributed by atoms with Crippen molar-refractivity contribution in [2.45, 2.75) is 6.92 Å². The van der Waals surface area contributed by atoms with Gasteiger partial charge in [-0.2, -0.15) is 0 Å². The third-order valence-electron chi connectivity index (χ3n) is 3.02. The Morgan fingerprint density at radius 2 is 1.76 bits per heavy atom. The Labute approximate surface area is 145 Å². The van der Waals surface area contributed by atoms with Crippen molar-refractivity contribution < 1.29 is 0 Å². The standard InChI is InChI=1S/C15H8BrCl3N2/c1-7-4-10-13(11(16)5-7)20-15(21-14(10)19)9-3-2-8(17)6-12(9)18/h2-6H,1H3. The Balaban J connectivity index is 2.30. The largest absolute Gasteiger partial charge is 0.227 e. The topological polar surface area (TPSA) is 25.8 Å². The van der Waals surface area contributed by atoms with Gasteiger partial charge in [-0.1, -0.05) is 34.8 Å². The molecular formula is C15H8BrCl3N2. The lowest BCUT2D eigenvalue weighted by Crippen LogP contribution is -1.94. The number of halogens is 4. The second kappa shape index (κ2) is 5.73. The van der Waals surface area contributed by atoms with Gasteiger partial charge in [0.25, 0.3) is 0 Å². The molecule has 106 valence electrons. The fraction of sp³-hybridized carbons (Fsp3) is 0.0667. The molecule has 0 saturated carbocycles. The fourth-order valence-corrected chi connectivity index (χ4v) is 3.46. The normalized spacial score (nSPS) is 11.1. The molecule has 0 spiro atoms. The molecule has 6 heteroatoms. The smallest absolute Gasteiger partial charge is 0.163 e. The van der Waals surface area contributed by atoms with E-state index in [-0.39, 0.29) is 0 Å². The summed E-state index contributed by atoms with van der Waals surface area (Å²) in [7, 11) is 0. The van der Waals surface area contributed by atoms with Crippen molar-refractivity contribution in [1.29, 1.82) is 0 Å². The van der Waals surface area contributed by atoms with Crippen LogP contribution in [0.1, 0.15) is 5.56 Å². The van der Waals surface area contributed by atoms with E-state index in [1.807, 2.05) is 19.1 Å². The van der Waals surface area contributed by atoms with Crippen molar-refractivity contribution in [1.82, 2.24) is 9.97 Å². The quantitative estimate of drug-likeness (QED) is 0.445. The maximum absolute atomic E-state index is 6.30. The van der Waals surface area contributed by atoms with E-state index in [4.69, 9.17) is 34.8 Å².